The molecule has 0 bridgehead atoms. The second kappa shape index (κ2) is 9.90. The predicted octanol–water partition coefficient (Wildman–Crippen LogP) is 4.08. The Balaban J connectivity index is 1.57. The van der Waals surface area contributed by atoms with E-state index in [0.29, 0.717) is 10.8 Å². The standard InChI is InChI=1S/C18H17Br2N7OS/c1-11(12-5-7-13(19)8-6-12)23-24-17-25-26-18(27(17)21)29-10-16(28)22-15-4-2-3-14(20)9-15/h2-9H,10,21H2,1H3,(H,22,28)(H,24,25)/b23-11+. The van der Waals surface area contributed by atoms with E-state index in [0.717, 1.165) is 20.2 Å². The highest BCUT2D eigenvalue weighted by atomic mass is 79.9. The zero-order valence-corrected chi connectivity index (χ0v) is 19.3. The highest BCUT2D eigenvalue weighted by molar-refractivity contribution is 9.10. The molecule has 1 heterocycles. The molecule has 0 saturated carbocycles. The number of nitrogen functional groups attached to an aromatic ring is 1. The molecule has 0 unspecified atom stereocenters. The van der Waals surface area contributed by atoms with Crippen molar-refractivity contribution in [1.29, 1.82) is 0 Å². The minimum absolute atomic E-state index is 0.142. The van der Waals surface area contributed by atoms with Crippen molar-refractivity contribution in [2.75, 3.05) is 22.3 Å². The molecule has 8 nitrogen and oxygen atoms in total. The number of thioether (sulfide) groups is 1. The number of nitrogens with zero attached hydrogens (tertiary/aromatic N) is 4. The molecule has 4 N–H and O–H groups in total. The fraction of sp³-hybridized carbons (Fsp3) is 0.111. The smallest absolute Gasteiger partial charge is 0.264 e. The van der Waals surface area contributed by atoms with Crippen molar-refractivity contribution in [2.45, 2.75) is 12.1 Å². The Bertz CT molecular complexity index is 1040. The summed E-state index contributed by atoms with van der Waals surface area (Å²) in [5, 5.41) is 15.5. The van der Waals surface area contributed by atoms with Gasteiger partial charge in [-0.2, -0.15) is 5.10 Å². The number of nitrogens with two attached hydrogens (primary N) is 1. The topological polar surface area (TPSA) is 110 Å². The van der Waals surface area contributed by atoms with Crippen LogP contribution in [-0.4, -0.2) is 32.2 Å². The Hall–Kier alpha value is -2.37. The fourth-order valence-electron chi connectivity index (χ4n) is 2.23. The van der Waals surface area contributed by atoms with E-state index in [1.807, 2.05) is 55.5 Å². The highest BCUT2D eigenvalue weighted by Gasteiger charge is 2.12. The molecule has 0 saturated heterocycles. The Morgan fingerprint density at radius 2 is 1.93 bits per heavy atom. The van der Waals surface area contributed by atoms with E-state index >= 15 is 0 Å². The molecule has 1 amide bonds. The number of hydrazone groups is 1. The first-order chi connectivity index (χ1) is 13.9. The molecule has 11 heteroatoms. The second-order valence-electron chi connectivity index (χ2n) is 5.84. The van der Waals surface area contributed by atoms with Gasteiger partial charge in [0.05, 0.1) is 11.5 Å². The quantitative estimate of drug-likeness (QED) is 0.181. The molecule has 3 rings (SSSR count). The van der Waals surface area contributed by atoms with Crippen molar-refractivity contribution in [3.8, 4) is 0 Å². The monoisotopic (exact) mass is 537 g/mol. The van der Waals surface area contributed by atoms with Crippen LogP contribution in [0.2, 0.25) is 0 Å². The lowest BCUT2D eigenvalue weighted by atomic mass is 10.1. The van der Waals surface area contributed by atoms with Crippen molar-refractivity contribution < 1.29 is 4.79 Å². The number of amides is 1. The Labute approximate surface area is 188 Å². The van der Waals surface area contributed by atoms with Gasteiger partial charge in [-0.05, 0) is 42.8 Å². The zero-order valence-electron chi connectivity index (χ0n) is 15.3. The van der Waals surface area contributed by atoms with Gasteiger partial charge in [0.25, 0.3) is 5.95 Å². The molecule has 0 fully saturated rings. The molecule has 2 aromatic carbocycles. The van der Waals surface area contributed by atoms with Gasteiger partial charge in [0.15, 0.2) is 0 Å². The number of hydrogen-bond donors (Lipinski definition) is 3. The molecular weight excluding hydrogens is 522 g/mol. The molecule has 0 atom stereocenters. The van der Waals surface area contributed by atoms with Crippen molar-refractivity contribution >= 4 is 66.9 Å². The zero-order chi connectivity index (χ0) is 20.8. The largest absolute Gasteiger partial charge is 0.334 e. The summed E-state index contributed by atoms with van der Waals surface area (Å²) in [7, 11) is 0. The van der Waals surface area contributed by atoms with E-state index in [9.17, 15) is 4.79 Å². The minimum atomic E-state index is -0.172. The number of benzene rings is 2. The summed E-state index contributed by atoms with van der Waals surface area (Å²) in [6.07, 6.45) is 0. The van der Waals surface area contributed by atoms with Crippen LogP contribution in [0.3, 0.4) is 0 Å². The number of anilines is 2. The second-order valence-corrected chi connectivity index (χ2v) is 8.61. The van der Waals surface area contributed by atoms with Gasteiger partial charge in [0.2, 0.25) is 11.1 Å². The average molecular weight is 539 g/mol. The summed E-state index contributed by atoms with van der Waals surface area (Å²) < 4.78 is 3.14. The first-order valence-corrected chi connectivity index (χ1v) is 10.9. The Morgan fingerprint density at radius 1 is 1.17 bits per heavy atom. The number of aromatic nitrogens is 3. The van der Waals surface area contributed by atoms with Crippen molar-refractivity contribution in [2.24, 2.45) is 5.10 Å². The summed E-state index contributed by atoms with van der Waals surface area (Å²) in [6.45, 7) is 1.87. The van der Waals surface area contributed by atoms with Crippen LogP contribution in [0.5, 0.6) is 0 Å². The summed E-state index contributed by atoms with van der Waals surface area (Å²) >= 11 is 7.95. The normalized spacial score (nSPS) is 11.3. The van der Waals surface area contributed by atoms with Crippen LogP contribution in [0.15, 0.2) is 67.7 Å². The third-order valence-corrected chi connectivity index (χ3v) is 5.66. The van der Waals surface area contributed by atoms with Crippen molar-refractivity contribution in [1.82, 2.24) is 14.9 Å². The van der Waals surface area contributed by atoms with E-state index in [1.165, 1.54) is 16.4 Å². The molecule has 29 heavy (non-hydrogen) atoms. The summed E-state index contributed by atoms with van der Waals surface area (Å²) in [5.41, 5.74) is 5.24. The lowest BCUT2D eigenvalue weighted by Crippen LogP contribution is -2.17. The van der Waals surface area contributed by atoms with Crippen LogP contribution < -0.4 is 16.6 Å². The van der Waals surface area contributed by atoms with Crippen molar-refractivity contribution in [3.63, 3.8) is 0 Å². The first kappa shape index (κ1) is 21.3. The van der Waals surface area contributed by atoms with Crippen LogP contribution in [0.4, 0.5) is 11.6 Å². The molecular formula is C18H17Br2N7OS. The molecule has 0 aliphatic heterocycles. The van der Waals surface area contributed by atoms with E-state index in [-0.39, 0.29) is 17.6 Å². The van der Waals surface area contributed by atoms with E-state index < -0.39 is 0 Å². The maximum Gasteiger partial charge on any atom is 0.264 e. The first-order valence-electron chi connectivity index (χ1n) is 8.37. The maximum atomic E-state index is 12.1. The number of rotatable bonds is 7. The van der Waals surface area contributed by atoms with Crippen molar-refractivity contribution in [3.05, 3.63) is 63.0 Å². The summed E-state index contributed by atoms with van der Waals surface area (Å²) in [5.74, 6) is 6.25. The fourth-order valence-corrected chi connectivity index (χ4v) is 3.55. The number of nitrogens with one attached hydrogen (secondary N) is 2. The van der Waals surface area contributed by atoms with Gasteiger partial charge in [-0.25, -0.2) is 10.1 Å². The molecule has 0 spiro atoms. The van der Waals surface area contributed by atoms with E-state index in [2.05, 4.69) is 57.9 Å². The molecule has 0 radical (unpaired) electrons. The summed E-state index contributed by atoms with van der Waals surface area (Å²) in [4.78, 5) is 12.1. The van der Waals surface area contributed by atoms with Crippen LogP contribution in [0.25, 0.3) is 0 Å². The van der Waals surface area contributed by atoms with E-state index in [1.54, 1.807) is 0 Å². The third-order valence-electron chi connectivity index (χ3n) is 3.69. The minimum Gasteiger partial charge on any atom is -0.334 e. The van der Waals surface area contributed by atoms with Gasteiger partial charge >= 0.3 is 0 Å². The number of halogens is 2. The van der Waals surface area contributed by atoms with Crippen LogP contribution in [0, 0.1) is 0 Å². The molecule has 150 valence electrons. The Morgan fingerprint density at radius 3 is 2.66 bits per heavy atom. The van der Waals surface area contributed by atoms with Gasteiger partial charge in [-0.1, -0.05) is 61.8 Å². The molecule has 3 aromatic rings. The Kier molecular flexibility index (Phi) is 7.29. The van der Waals surface area contributed by atoms with Crippen LogP contribution in [0.1, 0.15) is 12.5 Å². The van der Waals surface area contributed by atoms with Crippen LogP contribution in [-0.2, 0) is 4.79 Å². The van der Waals surface area contributed by atoms with Gasteiger partial charge in [-0.15, -0.1) is 10.2 Å². The number of carbonyl (C=O) groups is 1. The molecule has 0 aliphatic rings. The van der Waals surface area contributed by atoms with E-state index in [4.69, 9.17) is 5.84 Å². The third kappa shape index (κ3) is 6.05. The van der Waals surface area contributed by atoms with Gasteiger partial charge in [0, 0.05) is 14.6 Å². The molecule has 0 aliphatic carbocycles. The SMILES string of the molecule is C/C(=N\Nc1nnc(SCC(=O)Nc2cccc(Br)c2)n1N)c1ccc(Br)cc1. The summed E-state index contributed by atoms with van der Waals surface area (Å²) in [6, 6.07) is 15.1. The van der Waals surface area contributed by atoms with Crippen LogP contribution >= 0.6 is 43.6 Å². The molecule has 1 aromatic heterocycles. The number of carbonyl (C=O) groups excluding carboxylic acids is 1. The number of hydrogen-bond acceptors (Lipinski definition) is 7. The van der Waals surface area contributed by atoms with Gasteiger partial charge in [-0.3, -0.25) is 4.79 Å². The lowest BCUT2D eigenvalue weighted by Gasteiger charge is -2.06. The maximum absolute atomic E-state index is 12.1. The highest BCUT2D eigenvalue weighted by Crippen LogP contribution is 2.19. The van der Waals surface area contributed by atoms with Gasteiger partial charge < -0.3 is 11.2 Å². The predicted molar refractivity (Wildman–Crippen MR) is 124 cm³/mol. The van der Waals surface area contributed by atoms with Gasteiger partial charge in [0.1, 0.15) is 0 Å². The lowest BCUT2D eigenvalue weighted by molar-refractivity contribution is -0.113. The average Bonchev–Trinajstić information content (AvgIpc) is 3.04.